The maximum absolute atomic E-state index is 11.3. The van der Waals surface area contributed by atoms with Crippen molar-refractivity contribution in [3.63, 3.8) is 0 Å². The van der Waals surface area contributed by atoms with Crippen LogP contribution >= 0.6 is 11.3 Å². The van der Waals surface area contributed by atoms with Gasteiger partial charge in [0.25, 0.3) is 0 Å². The highest BCUT2D eigenvalue weighted by molar-refractivity contribution is 7.90. The maximum Gasteiger partial charge on any atom is 0.304 e. The topological polar surface area (TPSA) is 89.9 Å². The van der Waals surface area contributed by atoms with E-state index in [1.807, 2.05) is 49.4 Å². The molecule has 1 heterocycles. The van der Waals surface area contributed by atoms with Crippen LogP contribution in [0.5, 0.6) is 11.5 Å². The Kier molecular flexibility index (Phi) is 9.51. The molecule has 0 amide bonds. The van der Waals surface area contributed by atoms with Gasteiger partial charge in [0.05, 0.1) is 24.7 Å². The fraction of sp³-hybridized carbons (Fsp3) is 0.281. The van der Waals surface area contributed by atoms with Gasteiger partial charge in [-0.05, 0) is 84.3 Å². The van der Waals surface area contributed by atoms with Crippen molar-refractivity contribution in [3.8, 4) is 34.5 Å². The molecule has 6 nitrogen and oxygen atoms in total. The van der Waals surface area contributed by atoms with E-state index < -0.39 is 15.8 Å². The third-order valence-electron chi connectivity index (χ3n) is 6.44. The van der Waals surface area contributed by atoms with Crippen molar-refractivity contribution in [2.75, 3.05) is 18.6 Å². The first kappa shape index (κ1) is 29.2. The number of aryl methyl sites for hydroxylation is 1. The van der Waals surface area contributed by atoms with Crippen molar-refractivity contribution >= 4 is 37.2 Å². The average molecular weight is 577 g/mol. The van der Waals surface area contributed by atoms with E-state index in [1.165, 1.54) is 11.0 Å². The van der Waals surface area contributed by atoms with Gasteiger partial charge in [0.1, 0.15) is 27.9 Å². The highest BCUT2D eigenvalue weighted by atomic mass is 32.2. The highest BCUT2D eigenvalue weighted by Gasteiger charge is 2.14. The molecule has 1 N–H and O–H groups in total. The Morgan fingerprint density at radius 1 is 1.00 bits per heavy atom. The number of carboxylic acids is 1. The van der Waals surface area contributed by atoms with Crippen LogP contribution in [0.1, 0.15) is 42.4 Å². The van der Waals surface area contributed by atoms with E-state index in [0.29, 0.717) is 25.4 Å². The molecule has 0 saturated carbocycles. The zero-order valence-electron chi connectivity index (χ0n) is 22.8. The molecule has 4 aromatic rings. The van der Waals surface area contributed by atoms with Gasteiger partial charge in [-0.2, -0.15) is 0 Å². The molecule has 1 aromatic heterocycles. The highest BCUT2D eigenvalue weighted by Crippen LogP contribution is 2.37. The Balaban J connectivity index is 1.44. The van der Waals surface area contributed by atoms with Crippen LogP contribution in [0, 0.1) is 18.8 Å². The van der Waals surface area contributed by atoms with Crippen LogP contribution in [-0.4, -0.2) is 38.1 Å². The molecule has 0 aliphatic rings. The van der Waals surface area contributed by atoms with Crippen molar-refractivity contribution in [3.05, 3.63) is 82.7 Å². The quantitative estimate of drug-likeness (QED) is 0.147. The van der Waals surface area contributed by atoms with E-state index in [9.17, 15) is 13.2 Å². The third kappa shape index (κ3) is 7.87. The van der Waals surface area contributed by atoms with Gasteiger partial charge in [0.15, 0.2) is 0 Å². The van der Waals surface area contributed by atoms with E-state index in [1.54, 1.807) is 18.3 Å². The molecule has 0 saturated heterocycles. The van der Waals surface area contributed by atoms with Crippen LogP contribution in [0.3, 0.4) is 0 Å². The number of fused-ring (bicyclic) bond motifs is 1. The molecule has 0 fully saturated rings. The van der Waals surface area contributed by atoms with Gasteiger partial charge in [0.2, 0.25) is 0 Å². The Morgan fingerprint density at radius 2 is 1.75 bits per heavy atom. The zero-order valence-corrected chi connectivity index (χ0v) is 24.4. The zero-order chi connectivity index (χ0) is 28.7. The summed E-state index contributed by atoms with van der Waals surface area (Å²) in [4.78, 5) is 11.2. The number of ether oxygens (including phenoxy) is 2. The standard InChI is InChI=1S/C32H32O6S2/c1-4-6-25(19-32(33)34)24-8-10-26(11-9-24)38-20-23-7-14-31-29(18-23)30(21-39-31)28-13-12-27(17-22(28)2)37-15-5-16-40(3,35)36/h7-14,17-18,21,25H,5,15-16,19-20H2,1-3H3,(H,33,34). The van der Waals surface area contributed by atoms with E-state index in [-0.39, 0.29) is 18.1 Å². The molecule has 8 heteroatoms. The molecule has 0 aliphatic carbocycles. The first-order valence-electron chi connectivity index (χ1n) is 12.9. The van der Waals surface area contributed by atoms with Crippen molar-refractivity contribution in [2.45, 2.75) is 39.2 Å². The second-order valence-corrected chi connectivity index (χ2v) is 12.9. The molecule has 40 heavy (non-hydrogen) atoms. The van der Waals surface area contributed by atoms with Crippen molar-refractivity contribution in [1.82, 2.24) is 0 Å². The first-order chi connectivity index (χ1) is 19.1. The van der Waals surface area contributed by atoms with Crippen molar-refractivity contribution in [2.24, 2.45) is 0 Å². The summed E-state index contributed by atoms with van der Waals surface area (Å²) in [6.07, 6.45) is 1.66. The van der Waals surface area contributed by atoms with E-state index in [0.717, 1.165) is 39.0 Å². The molecule has 1 unspecified atom stereocenters. The predicted molar refractivity (Wildman–Crippen MR) is 161 cm³/mol. The smallest absolute Gasteiger partial charge is 0.304 e. The molecule has 3 aromatic carbocycles. The second-order valence-electron chi connectivity index (χ2n) is 9.69. The fourth-order valence-electron chi connectivity index (χ4n) is 4.48. The number of carboxylic acid groups (broad SMARTS) is 1. The predicted octanol–water partition coefficient (Wildman–Crippen LogP) is 6.85. The Labute approximate surface area is 239 Å². The molecule has 4 rings (SSSR count). The summed E-state index contributed by atoms with van der Waals surface area (Å²) < 4.78 is 35.6. The minimum absolute atomic E-state index is 0.0371. The summed E-state index contributed by atoms with van der Waals surface area (Å²) in [6.45, 7) is 4.51. The maximum atomic E-state index is 11.3. The van der Waals surface area contributed by atoms with Crippen LogP contribution in [-0.2, 0) is 21.2 Å². The summed E-state index contributed by atoms with van der Waals surface area (Å²) >= 11 is 1.69. The van der Waals surface area contributed by atoms with Gasteiger partial charge < -0.3 is 14.6 Å². The van der Waals surface area contributed by atoms with Gasteiger partial charge in [0, 0.05) is 21.9 Å². The lowest BCUT2D eigenvalue weighted by Gasteiger charge is -2.12. The Hall–Kier alpha value is -3.80. The second kappa shape index (κ2) is 13.0. The van der Waals surface area contributed by atoms with Gasteiger partial charge in [-0.1, -0.05) is 30.2 Å². The lowest BCUT2D eigenvalue weighted by Crippen LogP contribution is -2.08. The van der Waals surface area contributed by atoms with Crippen LogP contribution in [0.2, 0.25) is 0 Å². The fourth-order valence-corrected chi connectivity index (χ4v) is 6.06. The number of hydrogen-bond acceptors (Lipinski definition) is 6. The molecule has 0 spiro atoms. The molecule has 0 radical (unpaired) electrons. The van der Waals surface area contributed by atoms with E-state index >= 15 is 0 Å². The summed E-state index contributed by atoms with van der Waals surface area (Å²) in [5.41, 5.74) is 5.24. The number of aliphatic carboxylic acids is 1. The summed E-state index contributed by atoms with van der Waals surface area (Å²) in [6, 6.07) is 19.7. The first-order valence-corrected chi connectivity index (χ1v) is 15.9. The number of thiophene rings is 1. The monoisotopic (exact) mass is 576 g/mol. The molecule has 208 valence electrons. The van der Waals surface area contributed by atoms with E-state index in [2.05, 4.69) is 35.4 Å². The number of rotatable bonds is 12. The van der Waals surface area contributed by atoms with Gasteiger partial charge >= 0.3 is 5.97 Å². The number of benzene rings is 3. The average Bonchev–Trinajstić information content (AvgIpc) is 3.32. The number of hydrogen-bond donors (Lipinski definition) is 1. The normalized spacial score (nSPS) is 12.0. The van der Waals surface area contributed by atoms with Gasteiger partial charge in [-0.15, -0.1) is 17.3 Å². The van der Waals surface area contributed by atoms with Gasteiger partial charge in [-0.25, -0.2) is 8.42 Å². The molecular weight excluding hydrogens is 544 g/mol. The lowest BCUT2D eigenvalue weighted by molar-refractivity contribution is -0.137. The minimum Gasteiger partial charge on any atom is -0.494 e. The molecule has 1 atom stereocenters. The van der Waals surface area contributed by atoms with Gasteiger partial charge in [-0.3, -0.25) is 4.79 Å². The molecule has 0 aliphatic heterocycles. The number of sulfone groups is 1. The van der Waals surface area contributed by atoms with Crippen molar-refractivity contribution < 1.29 is 27.8 Å². The third-order valence-corrected chi connectivity index (χ3v) is 8.43. The summed E-state index contributed by atoms with van der Waals surface area (Å²) in [7, 11) is -2.99. The van der Waals surface area contributed by atoms with Crippen LogP contribution < -0.4 is 9.47 Å². The minimum atomic E-state index is -2.99. The van der Waals surface area contributed by atoms with Crippen LogP contribution in [0.15, 0.2) is 66.0 Å². The molecule has 0 bridgehead atoms. The van der Waals surface area contributed by atoms with Crippen LogP contribution in [0.4, 0.5) is 0 Å². The summed E-state index contributed by atoms with van der Waals surface area (Å²) in [5.74, 6) is 6.10. The number of carbonyl (C=O) groups is 1. The molecular formula is C32H32O6S2. The van der Waals surface area contributed by atoms with Crippen LogP contribution in [0.25, 0.3) is 21.2 Å². The SMILES string of the molecule is CC#CC(CC(=O)O)c1ccc(OCc2ccc3scc(-c4ccc(OCCCS(C)(=O)=O)cc4C)c3c2)cc1. The van der Waals surface area contributed by atoms with E-state index in [4.69, 9.17) is 14.6 Å². The lowest BCUT2D eigenvalue weighted by atomic mass is 9.96. The summed E-state index contributed by atoms with van der Waals surface area (Å²) in [5, 5.41) is 12.5. The Morgan fingerprint density at radius 3 is 2.42 bits per heavy atom. The Bertz CT molecular complexity index is 1660. The van der Waals surface area contributed by atoms with Crippen molar-refractivity contribution in [1.29, 1.82) is 0 Å². The largest absolute Gasteiger partial charge is 0.494 e.